The molecule has 1 fully saturated rings. The summed E-state index contributed by atoms with van der Waals surface area (Å²) in [5.41, 5.74) is 3.89. The second-order valence-electron chi connectivity index (χ2n) is 7.54. The lowest BCUT2D eigenvalue weighted by atomic mass is 10.1. The zero-order valence-electron chi connectivity index (χ0n) is 16.8. The second-order valence-corrected chi connectivity index (χ2v) is 8.57. The molecule has 2 aromatic carbocycles. The molecule has 1 saturated heterocycles. The first-order chi connectivity index (χ1) is 14.1. The molecule has 4 rings (SSSR count). The first-order valence-corrected chi connectivity index (χ1v) is 10.7. The molecular formula is C23H25N4OS+. The Kier molecular flexibility index (Phi) is 5.61. The molecule has 2 aromatic rings. The number of quaternary nitrogens is 1. The van der Waals surface area contributed by atoms with Gasteiger partial charge in [-0.3, -0.25) is 4.79 Å². The number of benzene rings is 2. The summed E-state index contributed by atoms with van der Waals surface area (Å²) < 4.78 is 0. The highest BCUT2D eigenvalue weighted by Gasteiger charge is 2.30. The summed E-state index contributed by atoms with van der Waals surface area (Å²) in [7, 11) is 1.92. The van der Waals surface area contributed by atoms with Crippen LogP contribution in [0.3, 0.4) is 0 Å². The van der Waals surface area contributed by atoms with Crippen molar-refractivity contribution in [1.82, 2.24) is 0 Å². The van der Waals surface area contributed by atoms with Crippen LogP contribution in [0.2, 0.25) is 0 Å². The monoisotopic (exact) mass is 405 g/mol. The number of thioether (sulfide) groups is 1. The molecule has 2 aliphatic heterocycles. The van der Waals surface area contributed by atoms with Crippen LogP contribution in [-0.2, 0) is 4.79 Å². The number of nitriles is 1. The lowest BCUT2D eigenvalue weighted by Gasteiger charge is -2.34. The van der Waals surface area contributed by atoms with Gasteiger partial charge >= 0.3 is 0 Å². The standard InChI is InChI=1S/C23H24N4OS/c1-17-7-3-4-8-19(17)27-13-11-26(12-14-27)16-21(28)18(15-24)23-25(2)20-9-5-6-10-22(20)29-23/h3-10H,11-14,16H2,1-2H3/p+1/b23-18-. The van der Waals surface area contributed by atoms with E-state index >= 15 is 0 Å². The SMILES string of the molecule is Cc1ccccc1N1CC[NH+](CC(=O)/C(C#N)=C2\Sc3ccccc3N2C)CC1. The third kappa shape index (κ3) is 3.89. The number of fused-ring (bicyclic) bond motifs is 1. The average molecular weight is 406 g/mol. The van der Waals surface area contributed by atoms with Crippen LogP contribution in [0, 0.1) is 18.3 Å². The molecule has 0 unspecified atom stereocenters. The Hall–Kier alpha value is -2.75. The van der Waals surface area contributed by atoms with E-state index in [1.807, 2.05) is 36.2 Å². The maximum Gasteiger partial charge on any atom is 0.230 e. The number of rotatable bonds is 4. The smallest absolute Gasteiger partial charge is 0.230 e. The summed E-state index contributed by atoms with van der Waals surface area (Å²) in [6.07, 6.45) is 0. The maximum absolute atomic E-state index is 13.0. The van der Waals surface area contributed by atoms with Gasteiger partial charge in [0.05, 0.1) is 31.9 Å². The predicted octanol–water partition coefficient (Wildman–Crippen LogP) is 2.25. The minimum atomic E-state index is -0.0611. The first kappa shape index (κ1) is 19.6. The molecule has 0 amide bonds. The van der Waals surface area contributed by atoms with Gasteiger partial charge in [-0.1, -0.05) is 42.1 Å². The molecule has 29 heavy (non-hydrogen) atoms. The molecule has 5 nitrogen and oxygen atoms in total. The normalized spacial score (nSPS) is 18.4. The molecule has 0 atom stereocenters. The summed E-state index contributed by atoms with van der Waals surface area (Å²) in [5, 5.41) is 10.5. The van der Waals surface area contributed by atoms with Crippen LogP contribution in [0.25, 0.3) is 0 Å². The minimum Gasteiger partial charge on any atom is -0.360 e. The Morgan fingerprint density at radius 3 is 2.41 bits per heavy atom. The summed E-state index contributed by atoms with van der Waals surface area (Å²) in [6.45, 7) is 6.16. The Labute approximate surface area is 176 Å². The minimum absolute atomic E-state index is 0.0611. The van der Waals surface area contributed by atoms with Crippen molar-refractivity contribution >= 4 is 28.9 Å². The van der Waals surface area contributed by atoms with E-state index in [9.17, 15) is 10.1 Å². The Bertz CT molecular complexity index is 1000. The lowest BCUT2D eigenvalue weighted by Crippen LogP contribution is -3.15. The van der Waals surface area contributed by atoms with Gasteiger partial charge in [-0.25, -0.2) is 0 Å². The molecule has 2 aliphatic rings. The number of aryl methyl sites for hydroxylation is 1. The fraction of sp³-hybridized carbons (Fsp3) is 0.304. The van der Waals surface area contributed by atoms with E-state index in [4.69, 9.17) is 0 Å². The van der Waals surface area contributed by atoms with Crippen LogP contribution in [0.1, 0.15) is 5.56 Å². The average Bonchev–Trinajstić information content (AvgIpc) is 3.06. The van der Waals surface area contributed by atoms with Gasteiger partial charge in [-0.05, 0) is 30.7 Å². The molecule has 0 saturated carbocycles. The number of nitrogens with one attached hydrogen (secondary N) is 1. The summed E-state index contributed by atoms with van der Waals surface area (Å²) in [6, 6.07) is 18.6. The van der Waals surface area contributed by atoms with Crippen molar-refractivity contribution in [1.29, 1.82) is 5.26 Å². The topological polar surface area (TPSA) is 51.8 Å². The Morgan fingerprint density at radius 2 is 1.76 bits per heavy atom. The van der Waals surface area contributed by atoms with E-state index in [-0.39, 0.29) is 11.4 Å². The molecule has 0 spiro atoms. The van der Waals surface area contributed by atoms with Crippen molar-refractivity contribution in [3.63, 3.8) is 0 Å². The summed E-state index contributed by atoms with van der Waals surface area (Å²) in [5.74, 6) is -0.0611. The number of Topliss-reactive ketones (excluding diaryl/α,β-unsaturated/α-hetero) is 1. The lowest BCUT2D eigenvalue weighted by molar-refractivity contribution is -0.892. The van der Waals surface area contributed by atoms with Gasteiger partial charge < -0.3 is 14.7 Å². The highest BCUT2D eigenvalue weighted by atomic mass is 32.2. The second kappa shape index (κ2) is 8.32. The number of nitrogens with zero attached hydrogens (tertiary/aromatic N) is 3. The summed E-state index contributed by atoms with van der Waals surface area (Å²) >= 11 is 1.51. The highest BCUT2D eigenvalue weighted by Crippen LogP contribution is 2.45. The molecular weight excluding hydrogens is 380 g/mol. The largest absolute Gasteiger partial charge is 0.360 e. The van der Waals surface area contributed by atoms with E-state index in [1.165, 1.54) is 27.9 Å². The zero-order valence-corrected chi connectivity index (χ0v) is 17.6. The third-order valence-electron chi connectivity index (χ3n) is 5.68. The Morgan fingerprint density at radius 1 is 1.10 bits per heavy atom. The molecule has 0 bridgehead atoms. The van der Waals surface area contributed by atoms with Gasteiger partial charge in [0.25, 0.3) is 0 Å². The number of carbonyl (C=O) groups is 1. The van der Waals surface area contributed by atoms with Crippen molar-refractivity contribution < 1.29 is 9.69 Å². The number of anilines is 2. The van der Waals surface area contributed by atoms with E-state index in [2.05, 4.69) is 42.2 Å². The molecule has 1 N–H and O–H groups in total. The number of hydrogen-bond acceptors (Lipinski definition) is 5. The van der Waals surface area contributed by atoms with Gasteiger partial charge in [0.1, 0.15) is 23.2 Å². The van der Waals surface area contributed by atoms with Gasteiger partial charge in [0.15, 0.2) is 0 Å². The fourth-order valence-electron chi connectivity index (χ4n) is 4.03. The van der Waals surface area contributed by atoms with Gasteiger partial charge in [-0.15, -0.1) is 0 Å². The molecule has 0 radical (unpaired) electrons. The quantitative estimate of drug-likeness (QED) is 0.625. The number of ketones is 1. The van der Waals surface area contributed by atoms with Crippen LogP contribution in [0.4, 0.5) is 11.4 Å². The molecule has 0 aromatic heterocycles. The fourth-order valence-corrected chi connectivity index (χ4v) is 5.19. The van der Waals surface area contributed by atoms with Crippen molar-refractivity contribution in [2.24, 2.45) is 0 Å². The first-order valence-electron chi connectivity index (χ1n) is 9.91. The number of piperazine rings is 1. The van der Waals surface area contributed by atoms with E-state index in [0.717, 1.165) is 41.8 Å². The van der Waals surface area contributed by atoms with E-state index < -0.39 is 0 Å². The van der Waals surface area contributed by atoms with E-state index in [0.29, 0.717) is 6.54 Å². The zero-order chi connectivity index (χ0) is 20.4. The number of hydrogen-bond donors (Lipinski definition) is 1. The van der Waals surface area contributed by atoms with Crippen LogP contribution >= 0.6 is 11.8 Å². The molecule has 2 heterocycles. The van der Waals surface area contributed by atoms with Crippen LogP contribution in [-0.4, -0.2) is 45.6 Å². The van der Waals surface area contributed by atoms with Crippen molar-refractivity contribution in [2.75, 3.05) is 49.6 Å². The highest BCUT2D eigenvalue weighted by molar-refractivity contribution is 8.03. The molecule has 6 heteroatoms. The van der Waals surface area contributed by atoms with Gasteiger partial charge in [-0.2, -0.15) is 5.26 Å². The van der Waals surface area contributed by atoms with Crippen molar-refractivity contribution in [3.8, 4) is 6.07 Å². The van der Waals surface area contributed by atoms with Crippen LogP contribution in [0.15, 0.2) is 64.0 Å². The van der Waals surface area contributed by atoms with Gasteiger partial charge in [0.2, 0.25) is 5.78 Å². The van der Waals surface area contributed by atoms with Crippen molar-refractivity contribution in [3.05, 3.63) is 64.7 Å². The van der Waals surface area contributed by atoms with Crippen LogP contribution in [0.5, 0.6) is 0 Å². The van der Waals surface area contributed by atoms with Gasteiger partial charge in [0, 0.05) is 17.6 Å². The maximum atomic E-state index is 13.0. The number of carbonyl (C=O) groups excluding carboxylic acids is 1. The van der Waals surface area contributed by atoms with Crippen LogP contribution < -0.4 is 14.7 Å². The predicted molar refractivity (Wildman–Crippen MR) is 117 cm³/mol. The summed E-state index contributed by atoms with van der Waals surface area (Å²) in [4.78, 5) is 19.7. The number of para-hydroxylation sites is 2. The van der Waals surface area contributed by atoms with Crippen molar-refractivity contribution in [2.45, 2.75) is 11.8 Å². The third-order valence-corrected chi connectivity index (χ3v) is 6.92. The van der Waals surface area contributed by atoms with E-state index in [1.54, 1.807) is 0 Å². The molecule has 148 valence electrons. The Balaban J connectivity index is 1.42. The molecule has 0 aliphatic carbocycles.